The first kappa shape index (κ1) is 15.0. The molecule has 0 amide bonds. The van der Waals surface area contributed by atoms with Gasteiger partial charge in [-0.05, 0) is 38.5 Å². The smallest absolute Gasteiger partial charge is 0.00176 e. The number of hydrogen-bond acceptors (Lipinski definition) is 3. The van der Waals surface area contributed by atoms with Gasteiger partial charge in [0, 0.05) is 15.7 Å². The molecule has 85 valence electrons. The van der Waals surface area contributed by atoms with Crippen molar-refractivity contribution in [1.82, 2.24) is 0 Å². The van der Waals surface area contributed by atoms with Crippen molar-refractivity contribution in [1.29, 1.82) is 0 Å². The second-order valence-electron chi connectivity index (χ2n) is 3.81. The summed E-state index contributed by atoms with van der Waals surface area (Å²) in [6.45, 7) is 6.02. The summed E-state index contributed by atoms with van der Waals surface area (Å²) in [5.74, 6) is 0. The topological polar surface area (TPSA) is 0 Å². The lowest BCUT2D eigenvalue weighted by molar-refractivity contribution is 0.605. The van der Waals surface area contributed by atoms with Gasteiger partial charge in [0.05, 0.1) is 0 Å². The van der Waals surface area contributed by atoms with E-state index in [1.807, 2.05) is 0 Å². The summed E-state index contributed by atoms with van der Waals surface area (Å²) in [7, 11) is 0. The number of thiol groups is 3. The molecule has 0 aliphatic carbocycles. The molecule has 0 aliphatic heterocycles. The molecule has 0 aromatic carbocycles. The van der Waals surface area contributed by atoms with Gasteiger partial charge in [0.25, 0.3) is 0 Å². The third-order valence-corrected chi connectivity index (χ3v) is 4.13. The van der Waals surface area contributed by atoms with Crippen LogP contribution in [0, 0.1) is 6.92 Å². The Bertz CT molecular complexity index is 114. The maximum absolute atomic E-state index is 4.57. The first-order valence-electron chi connectivity index (χ1n) is 5.43. The monoisotopic (exact) mass is 251 g/mol. The quantitative estimate of drug-likeness (QED) is 0.532. The van der Waals surface area contributed by atoms with Crippen LogP contribution < -0.4 is 0 Å². The van der Waals surface area contributed by atoms with E-state index >= 15 is 0 Å². The molecular weight excluding hydrogens is 228 g/mol. The van der Waals surface area contributed by atoms with Gasteiger partial charge in [-0.1, -0.05) is 13.8 Å². The molecule has 0 aliphatic rings. The van der Waals surface area contributed by atoms with Gasteiger partial charge < -0.3 is 0 Å². The fraction of sp³-hybridized carbons (Fsp3) is 0.909. The zero-order chi connectivity index (χ0) is 11.0. The lowest BCUT2D eigenvalue weighted by Crippen LogP contribution is -2.07. The Balaban J connectivity index is 3.40. The molecule has 3 atom stereocenters. The minimum absolute atomic E-state index is 0.447. The van der Waals surface area contributed by atoms with Crippen molar-refractivity contribution < 1.29 is 0 Å². The van der Waals surface area contributed by atoms with E-state index in [4.69, 9.17) is 0 Å². The first-order chi connectivity index (χ1) is 6.60. The molecule has 0 heterocycles. The lowest BCUT2D eigenvalue weighted by atomic mass is 10.1. The molecule has 0 aromatic heterocycles. The molecule has 0 bridgehead atoms. The summed E-state index contributed by atoms with van der Waals surface area (Å²) in [5, 5.41) is 1.50. The molecule has 0 saturated carbocycles. The molecule has 3 heteroatoms. The summed E-state index contributed by atoms with van der Waals surface area (Å²) in [6.07, 6.45) is 6.69. The van der Waals surface area contributed by atoms with Crippen molar-refractivity contribution >= 4 is 37.9 Å². The van der Waals surface area contributed by atoms with Crippen LogP contribution in [0.5, 0.6) is 0 Å². The van der Waals surface area contributed by atoms with Gasteiger partial charge in [-0.15, -0.1) is 0 Å². The Morgan fingerprint density at radius 1 is 0.857 bits per heavy atom. The van der Waals surface area contributed by atoms with Crippen molar-refractivity contribution in [2.75, 3.05) is 0 Å². The molecule has 0 N–H and O–H groups in total. The lowest BCUT2D eigenvalue weighted by Gasteiger charge is -2.14. The van der Waals surface area contributed by atoms with Crippen LogP contribution in [0.1, 0.15) is 45.4 Å². The standard InChI is InChI=1S/C11H23S3/c1-3-9(12)5-7-11(14)8-6-10(13)4-2/h9-14H,1,3-8H2,2H3. The van der Waals surface area contributed by atoms with E-state index in [0.29, 0.717) is 15.7 Å². The second kappa shape index (κ2) is 9.29. The van der Waals surface area contributed by atoms with E-state index in [2.05, 4.69) is 51.7 Å². The highest BCUT2D eigenvalue weighted by atomic mass is 32.1. The SMILES string of the molecule is [CH2]CC(S)CCC(S)CCC(S)CC. The van der Waals surface area contributed by atoms with Gasteiger partial charge in [-0.2, -0.15) is 37.9 Å². The van der Waals surface area contributed by atoms with Crippen molar-refractivity contribution in [2.24, 2.45) is 0 Å². The second-order valence-corrected chi connectivity index (χ2v) is 6.00. The van der Waals surface area contributed by atoms with Crippen molar-refractivity contribution in [3.05, 3.63) is 6.92 Å². The van der Waals surface area contributed by atoms with E-state index in [9.17, 15) is 0 Å². The summed E-state index contributed by atoms with van der Waals surface area (Å²) in [6, 6.07) is 0. The Morgan fingerprint density at radius 2 is 1.29 bits per heavy atom. The molecule has 0 saturated heterocycles. The largest absolute Gasteiger partial charge is 0.176 e. The maximum atomic E-state index is 4.57. The van der Waals surface area contributed by atoms with Gasteiger partial charge >= 0.3 is 0 Å². The third-order valence-electron chi connectivity index (χ3n) is 2.47. The van der Waals surface area contributed by atoms with Crippen LogP contribution in [0.2, 0.25) is 0 Å². The molecule has 0 spiro atoms. The van der Waals surface area contributed by atoms with E-state index in [1.165, 1.54) is 12.8 Å². The zero-order valence-electron chi connectivity index (χ0n) is 9.02. The van der Waals surface area contributed by atoms with E-state index in [-0.39, 0.29) is 0 Å². The fourth-order valence-electron chi connectivity index (χ4n) is 1.26. The Morgan fingerprint density at radius 3 is 1.71 bits per heavy atom. The van der Waals surface area contributed by atoms with Gasteiger partial charge in [0.15, 0.2) is 0 Å². The van der Waals surface area contributed by atoms with Crippen LogP contribution in [0.25, 0.3) is 0 Å². The van der Waals surface area contributed by atoms with Gasteiger partial charge in [-0.25, -0.2) is 0 Å². The van der Waals surface area contributed by atoms with Crippen molar-refractivity contribution in [2.45, 2.75) is 61.2 Å². The third kappa shape index (κ3) is 8.37. The van der Waals surface area contributed by atoms with Crippen molar-refractivity contribution in [3.8, 4) is 0 Å². The van der Waals surface area contributed by atoms with Crippen LogP contribution in [0.4, 0.5) is 0 Å². The summed E-state index contributed by atoms with van der Waals surface area (Å²) < 4.78 is 0. The van der Waals surface area contributed by atoms with Crippen LogP contribution >= 0.6 is 37.9 Å². The van der Waals surface area contributed by atoms with Crippen LogP contribution in [-0.4, -0.2) is 15.7 Å². The van der Waals surface area contributed by atoms with Crippen LogP contribution in [-0.2, 0) is 0 Å². The Hall–Kier alpha value is 1.05. The summed E-state index contributed by atoms with van der Waals surface area (Å²) in [4.78, 5) is 0. The highest BCUT2D eigenvalue weighted by Gasteiger charge is 2.08. The molecule has 0 aromatic rings. The first-order valence-corrected chi connectivity index (χ1v) is 6.98. The highest BCUT2D eigenvalue weighted by Crippen LogP contribution is 2.19. The van der Waals surface area contributed by atoms with E-state index < -0.39 is 0 Å². The number of rotatable bonds is 8. The molecule has 0 rings (SSSR count). The molecule has 0 nitrogen and oxygen atoms in total. The molecule has 0 fully saturated rings. The van der Waals surface area contributed by atoms with E-state index in [0.717, 1.165) is 25.7 Å². The van der Waals surface area contributed by atoms with Gasteiger partial charge in [0.1, 0.15) is 0 Å². The minimum atomic E-state index is 0.447. The number of hydrogen-bond donors (Lipinski definition) is 3. The minimum Gasteiger partial charge on any atom is -0.176 e. The van der Waals surface area contributed by atoms with Crippen LogP contribution in [0.3, 0.4) is 0 Å². The summed E-state index contributed by atoms with van der Waals surface area (Å²) in [5.41, 5.74) is 0. The average Bonchev–Trinajstić information content (AvgIpc) is 2.22. The molecule has 14 heavy (non-hydrogen) atoms. The summed E-state index contributed by atoms with van der Waals surface area (Å²) >= 11 is 13.5. The average molecular weight is 252 g/mol. The van der Waals surface area contributed by atoms with Gasteiger partial charge in [-0.3, -0.25) is 0 Å². The van der Waals surface area contributed by atoms with E-state index in [1.54, 1.807) is 0 Å². The van der Waals surface area contributed by atoms with Crippen LogP contribution in [0.15, 0.2) is 0 Å². The Kier molecular flexibility index (Phi) is 9.99. The predicted molar refractivity (Wildman–Crippen MR) is 77.1 cm³/mol. The highest BCUT2D eigenvalue weighted by molar-refractivity contribution is 7.81. The van der Waals surface area contributed by atoms with Gasteiger partial charge in [0.2, 0.25) is 0 Å². The molecule has 1 radical (unpaired) electrons. The molecule has 3 unspecified atom stereocenters. The Labute approximate surface area is 106 Å². The molecular formula is C11H23S3. The maximum Gasteiger partial charge on any atom is 0.00176 e. The van der Waals surface area contributed by atoms with Crippen molar-refractivity contribution in [3.63, 3.8) is 0 Å². The predicted octanol–water partition coefficient (Wildman–Crippen LogP) is 4.08. The zero-order valence-corrected chi connectivity index (χ0v) is 11.7. The normalized spacial score (nSPS) is 17.8. The fourth-order valence-corrected chi connectivity index (χ4v) is 1.86.